The monoisotopic (exact) mass is 382 g/mol. The summed E-state index contributed by atoms with van der Waals surface area (Å²) in [6, 6.07) is 0. The summed E-state index contributed by atoms with van der Waals surface area (Å²) in [6.45, 7) is 11.1. The van der Waals surface area contributed by atoms with E-state index < -0.39 is 35.5 Å². The molecule has 0 aromatic rings. The Balaban J connectivity index is 0. The standard InChI is InChI=1S/C15H22O6.Rb/c1-6-12(16)20-10(3)8-15(5,14(18)19)9-11(4)21-13(17)7-2;/h6-7,10-11H,1-2,8-9H2,3-5H3,(H,18,19);/q;+1/p-1. The fourth-order valence-electron chi connectivity index (χ4n) is 2.10. The zero-order chi connectivity index (χ0) is 16.6. The Hall–Kier alpha value is -0.305. The van der Waals surface area contributed by atoms with Gasteiger partial charge >= 0.3 is 70.1 Å². The third kappa shape index (κ3) is 8.97. The SMILES string of the molecule is C=CC(=O)OC(C)CC(C)(CC(C)OC(=O)C=C)C(=O)[O-].[Rb+]. The van der Waals surface area contributed by atoms with Crippen LogP contribution in [0.1, 0.15) is 33.6 Å². The minimum Gasteiger partial charge on any atom is -0.550 e. The maximum absolute atomic E-state index is 11.4. The third-order valence-electron chi connectivity index (χ3n) is 2.94. The van der Waals surface area contributed by atoms with E-state index in [-0.39, 0.29) is 71.0 Å². The summed E-state index contributed by atoms with van der Waals surface area (Å²) < 4.78 is 9.91. The van der Waals surface area contributed by atoms with Gasteiger partial charge in [-0.2, -0.15) is 0 Å². The summed E-state index contributed by atoms with van der Waals surface area (Å²) in [6.07, 6.45) is 0.791. The smallest absolute Gasteiger partial charge is 0.550 e. The van der Waals surface area contributed by atoms with Crippen molar-refractivity contribution in [3.05, 3.63) is 25.3 Å². The van der Waals surface area contributed by atoms with Crippen molar-refractivity contribution in [1.82, 2.24) is 0 Å². The van der Waals surface area contributed by atoms with Crippen molar-refractivity contribution >= 4 is 17.9 Å². The molecule has 0 heterocycles. The number of esters is 2. The molecule has 0 amide bonds. The van der Waals surface area contributed by atoms with E-state index in [2.05, 4.69) is 13.2 Å². The van der Waals surface area contributed by atoms with Gasteiger partial charge in [0.25, 0.3) is 0 Å². The fourth-order valence-corrected chi connectivity index (χ4v) is 2.10. The van der Waals surface area contributed by atoms with E-state index >= 15 is 0 Å². The molecular weight excluding hydrogens is 362 g/mol. The number of ether oxygens (including phenoxy) is 2. The van der Waals surface area contributed by atoms with Gasteiger partial charge in [0.15, 0.2) is 0 Å². The van der Waals surface area contributed by atoms with E-state index in [4.69, 9.17) is 9.47 Å². The molecule has 0 rings (SSSR count). The number of carbonyl (C=O) groups is 3. The molecule has 0 N–H and O–H groups in total. The molecule has 118 valence electrons. The van der Waals surface area contributed by atoms with Crippen LogP contribution in [0.2, 0.25) is 0 Å². The van der Waals surface area contributed by atoms with Crippen LogP contribution in [0.25, 0.3) is 0 Å². The van der Waals surface area contributed by atoms with Gasteiger partial charge in [0.1, 0.15) is 12.2 Å². The van der Waals surface area contributed by atoms with E-state index in [0.29, 0.717) is 0 Å². The molecule has 22 heavy (non-hydrogen) atoms. The summed E-state index contributed by atoms with van der Waals surface area (Å²) in [7, 11) is 0. The maximum atomic E-state index is 11.4. The Bertz CT molecular complexity index is 402. The molecule has 0 spiro atoms. The van der Waals surface area contributed by atoms with Gasteiger partial charge in [0, 0.05) is 23.5 Å². The summed E-state index contributed by atoms with van der Waals surface area (Å²) >= 11 is 0. The molecule has 0 bridgehead atoms. The van der Waals surface area contributed by atoms with Gasteiger partial charge in [-0.3, -0.25) is 0 Å². The minimum atomic E-state index is -1.30. The average molecular weight is 383 g/mol. The zero-order valence-corrected chi connectivity index (χ0v) is 18.5. The second-order valence-corrected chi connectivity index (χ2v) is 5.16. The van der Waals surface area contributed by atoms with E-state index in [1.807, 2.05) is 0 Å². The summed E-state index contributed by atoms with van der Waals surface area (Å²) in [5, 5.41) is 11.4. The van der Waals surface area contributed by atoms with Crippen LogP contribution in [0.3, 0.4) is 0 Å². The average Bonchev–Trinajstić information content (AvgIpc) is 2.37. The molecule has 0 fully saturated rings. The fraction of sp³-hybridized carbons (Fsp3) is 0.533. The van der Waals surface area contributed by atoms with Gasteiger partial charge in [-0.25, -0.2) is 9.59 Å². The van der Waals surface area contributed by atoms with Crippen molar-refractivity contribution in [3.63, 3.8) is 0 Å². The third-order valence-corrected chi connectivity index (χ3v) is 2.94. The van der Waals surface area contributed by atoms with Crippen molar-refractivity contribution in [2.45, 2.75) is 45.8 Å². The van der Waals surface area contributed by atoms with Gasteiger partial charge in [0.2, 0.25) is 0 Å². The van der Waals surface area contributed by atoms with Gasteiger partial charge in [-0.05, 0) is 26.7 Å². The molecule has 2 unspecified atom stereocenters. The number of carboxylic acid groups (broad SMARTS) is 1. The number of rotatable bonds is 9. The van der Waals surface area contributed by atoms with Crippen LogP contribution in [-0.2, 0) is 23.9 Å². The molecular formula is C15H21O6Rb. The molecule has 0 saturated carbocycles. The van der Waals surface area contributed by atoms with Crippen LogP contribution in [-0.4, -0.2) is 30.1 Å². The Morgan fingerprint density at radius 2 is 1.36 bits per heavy atom. The first-order chi connectivity index (χ1) is 9.64. The summed E-state index contributed by atoms with van der Waals surface area (Å²) in [4.78, 5) is 33.6. The second-order valence-electron chi connectivity index (χ2n) is 5.16. The van der Waals surface area contributed by atoms with Crippen LogP contribution in [0, 0.1) is 5.41 Å². The molecule has 6 nitrogen and oxygen atoms in total. The summed E-state index contributed by atoms with van der Waals surface area (Å²) in [5.74, 6) is -2.56. The van der Waals surface area contributed by atoms with Crippen molar-refractivity contribution in [1.29, 1.82) is 0 Å². The number of hydrogen-bond donors (Lipinski definition) is 0. The summed E-state index contributed by atoms with van der Waals surface area (Å²) in [5.41, 5.74) is -1.30. The van der Waals surface area contributed by atoms with Gasteiger partial charge in [-0.15, -0.1) is 0 Å². The molecule has 0 aliphatic heterocycles. The Labute approximate surface area is 179 Å². The van der Waals surface area contributed by atoms with Crippen LogP contribution in [0.4, 0.5) is 0 Å². The number of carbonyl (C=O) groups excluding carboxylic acids is 3. The van der Waals surface area contributed by atoms with Crippen LogP contribution in [0.15, 0.2) is 25.3 Å². The Morgan fingerprint density at radius 1 is 1.05 bits per heavy atom. The van der Waals surface area contributed by atoms with Crippen LogP contribution in [0.5, 0.6) is 0 Å². The van der Waals surface area contributed by atoms with E-state index in [0.717, 1.165) is 12.2 Å². The van der Waals surface area contributed by atoms with Gasteiger partial charge in [-0.1, -0.05) is 20.1 Å². The predicted octanol–water partition coefficient (Wildman–Crippen LogP) is -2.24. The quantitative estimate of drug-likeness (QED) is 0.331. The molecule has 0 aromatic carbocycles. The minimum absolute atomic E-state index is 0. The van der Waals surface area contributed by atoms with Crippen molar-refractivity contribution < 1.29 is 87.2 Å². The zero-order valence-electron chi connectivity index (χ0n) is 13.6. The van der Waals surface area contributed by atoms with E-state index in [1.54, 1.807) is 13.8 Å². The van der Waals surface area contributed by atoms with Crippen LogP contribution < -0.4 is 63.3 Å². The largest absolute Gasteiger partial charge is 1.00 e. The number of hydrogen-bond acceptors (Lipinski definition) is 6. The predicted molar refractivity (Wildman–Crippen MR) is 73.9 cm³/mol. The van der Waals surface area contributed by atoms with E-state index in [1.165, 1.54) is 6.92 Å². The number of aliphatic carboxylic acids is 1. The molecule has 0 aliphatic rings. The molecule has 0 saturated heterocycles. The van der Waals surface area contributed by atoms with Crippen molar-refractivity contribution in [2.24, 2.45) is 5.41 Å². The Kier molecular flexibility index (Phi) is 12.3. The van der Waals surface area contributed by atoms with Crippen LogP contribution >= 0.6 is 0 Å². The van der Waals surface area contributed by atoms with Gasteiger partial charge < -0.3 is 19.4 Å². The first-order valence-electron chi connectivity index (χ1n) is 6.52. The molecule has 0 aliphatic carbocycles. The topological polar surface area (TPSA) is 92.7 Å². The molecule has 2 atom stereocenters. The molecule has 0 radical (unpaired) electrons. The van der Waals surface area contributed by atoms with E-state index in [9.17, 15) is 19.5 Å². The Morgan fingerprint density at radius 3 is 1.59 bits per heavy atom. The maximum Gasteiger partial charge on any atom is 1.00 e. The number of carboxylic acids is 1. The normalized spacial score (nSPS) is 15.2. The molecule has 7 heteroatoms. The first-order valence-corrected chi connectivity index (χ1v) is 6.52. The first kappa shape index (κ1) is 24.0. The van der Waals surface area contributed by atoms with Gasteiger partial charge in [0.05, 0.1) is 0 Å². The van der Waals surface area contributed by atoms with Crippen molar-refractivity contribution in [2.75, 3.05) is 0 Å². The molecule has 0 aromatic heterocycles. The van der Waals surface area contributed by atoms with Crippen molar-refractivity contribution in [3.8, 4) is 0 Å². The second kappa shape index (κ2) is 11.3.